The molecule has 2 aliphatic rings. The van der Waals surface area contributed by atoms with E-state index in [1.54, 1.807) is 11.8 Å². The maximum absolute atomic E-state index is 12.3. The van der Waals surface area contributed by atoms with Crippen molar-refractivity contribution < 1.29 is 18.0 Å². The Labute approximate surface area is 163 Å². The number of thioether (sulfide) groups is 1. The van der Waals surface area contributed by atoms with Crippen molar-refractivity contribution in [3.05, 3.63) is 30.3 Å². The Morgan fingerprint density at radius 2 is 2.04 bits per heavy atom. The van der Waals surface area contributed by atoms with Gasteiger partial charge in [-0.2, -0.15) is 5.10 Å². The third-order valence-corrected chi connectivity index (χ3v) is 7.34. The normalized spacial score (nSPS) is 21.8. The molecule has 0 radical (unpaired) electrons. The minimum Gasteiger partial charge on any atom is -0.351 e. The van der Waals surface area contributed by atoms with Crippen LogP contribution in [0, 0.1) is 0 Å². The lowest BCUT2D eigenvalue weighted by molar-refractivity contribution is -0.133. The lowest BCUT2D eigenvalue weighted by Crippen LogP contribution is -2.44. The third kappa shape index (κ3) is 5.55. The Morgan fingerprint density at radius 1 is 1.26 bits per heavy atom. The van der Waals surface area contributed by atoms with Crippen molar-refractivity contribution in [1.82, 2.24) is 10.3 Å². The highest BCUT2D eigenvalue weighted by Gasteiger charge is 2.37. The van der Waals surface area contributed by atoms with Gasteiger partial charge in [-0.05, 0) is 30.7 Å². The summed E-state index contributed by atoms with van der Waals surface area (Å²) >= 11 is 1.73. The van der Waals surface area contributed by atoms with E-state index in [1.165, 1.54) is 9.90 Å². The third-order valence-electron chi connectivity index (χ3n) is 4.49. The van der Waals surface area contributed by atoms with Gasteiger partial charge in [-0.1, -0.05) is 18.2 Å². The van der Waals surface area contributed by atoms with Gasteiger partial charge in [-0.25, -0.2) is 13.4 Å². The number of hydrogen-bond acceptors (Lipinski definition) is 6. The maximum Gasteiger partial charge on any atom is 0.267 e. The van der Waals surface area contributed by atoms with Crippen molar-refractivity contribution in [3.63, 3.8) is 0 Å². The topological polar surface area (TPSA) is 95.9 Å². The highest BCUT2D eigenvalue weighted by molar-refractivity contribution is 7.99. The van der Waals surface area contributed by atoms with Gasteiger partial charge in [0, 0.05) is 24.3 Å². The van der Waals surface area contributed by atoms with Gasteiger partial charge in [0.2, 0.25) is 5.91 Å². The summed E-state index contributed by atoms with van der Waals surface area (Å²) in [5, 5.41) is 8.23. The van der Waals surface area contributed by atoms with Crippen LogP contribution in [-0.2, 0) is 19.4 Å². The van der Waals surface area contributed by atoms with Crippen molar-refractivity contribution in [2.45, 2.75) is 36.6 Å². The Hall–Kier alpha value is -1.87. The Bertz CT molecular complexity index is 824. The summed E-state index contributed by atoms with van der Waals surface area (Å²) in [7, 11) is -3.12. The molecule has 0 bridgehead atoms. The minimum atomic E-state index is -3.12. The molecule has 2 aliphatic heterocycles. The second-order valence-corrected chi connectivity index (χ2v) is 10.0. The summed E-state index contributed by atoms with van der Waals surface area (Å²) in [6.07, 6.45) is 1.68. The molecular weight excluding hydrogens is 386 g/mol. The average molecular weight is 410 g/mol. The molecule has 9 heteroatoms. The summed E-state index contributed by atoms with van der Waals surface area (Å²) in [6.45, 7) is 0.531. The first-order valence-electron chi connectivity index (χ1n) is 9.00. The molecule has 0 aliphatic carbocycles. The molecule has 1 fully saturated rings. The molecule has 7 nitrogen and oxygen atoms in total. The van der Waals surface area contributed by atoms with Gasteiger partial charge in [0.15, 0.2) is 9.84 Å². The van der Waals surface area contributed by atoms with E-state index in [-0.39, 0.29) is 29.7 Å². The van der Waals surface area contributed by atoms with Crippen LogP contribution in [-0.4, -0.2) is 60.8 Å². The summed E-state index contributed by atoms with van der Waals surface area (Å²) < 4.78 is 23.3. The van der Waals surface area contributed by atoms with Gasteiger partial charge < -0.3 is 5.32 Å². The first kappa shape index (κ1) is 19.9. The zero-order valence-corrected chi connectivity index (χ0v) is 16.6. The van der Waals surface area contributed by atoms with Crippen LogP contribution in [0.1, 0.15) is 25.7 Å². The Morgan fingerprint density at radius 3 is 2.74 bits per heavy atom. The molecular formula is C18H23N3O4S2. The number of nitrogens with zero attached hydrogens (tertiary/aromatic N) is 2. The molecule has 2 heterocycles. The molecule has 27 heavy (non-hydrogen) atoms. The van der Waals surface area contributed by atoms with Crippen LogP contribution in [0.25, 0.3) is 0 Å². The molecule has 0 saturated carbocycles. The second-order valence-electron chi connectivity index (χ2n) is 6.61. The number of nitrogens with one attached hydrogen (secondary N) is 1. The molecule has 2 amide bonds. The quantitative estimate of drug-likeness (QED) is 0.543. The Kier molecular flexibility index (Phi) is 6.54. The van der Waals surface area contributed by atoms with Crippen LogP contribution >= 0.6 is 11.8 Å². The van der Waals surface area contributed by atoms with E-state index in [4.69, 9.17) is 0 Å². The monoisotopic (exact) mass is 409 g/mol. The number of rotatable bonds is 7. The molecule has 1 saturated heterocycles. The average Bonchev–Trinajstić information content (AvgIpc) is 3.02. The van der Waals surface area contributed by atoms with E-state index >= 15 is 0 Å². The van der Waals surface area contributed by atoms with Crippen molar-refractivity contribution in [2.24, 2.45) is 5.10 Å². The molecule has 3 rings (SSSR count). The zero-order valence-electron chi connectivity index (χ0n) is 15.0. The van der Waals surface area contributed by atoms with E-state index in [0.29, 0.717) is 25.1 Å². The van der Waals surface area contributed by atoms with Crippen LogP contribution in [0.5, 0.6) is 0 Å². The summed E-state index contributed by atoms with van der Waals surface area (Å²) in [6, 6.07) is 9.61. The van der Waals surface area contributed by atoms with E-state index < -0.39 is 15.9 Å². The molecule has 0 aromatic heterocycles. The smallest absolute Gasteiger partial charge is 0.267 e. The van der Waals surface area contributed by atoms with Gasteiger partial charge in [0.05, 0.1) is 17.5 Å². The predicted molar refractivity (Wildman–Crippen MR) is 105 cm³/mol. The first-order valence-corrected chi connectivity index (χ1v) is 11.8. The number of hydrazone groups is 1. The highest BCUT2D eigenvalue weighted by atomic mass is 32.2. The number of sulfone groups is 1. The molecule has 0 spiro atoms. The number of carbonyl (C=O) groups excluding carboxylic acids is 2. The fourth-order valence-corrected chi connectivity index (χ4v) is 5.64. The number of hydrogen-bond donors (Lipinski definition) is 1. The molecule has 1 N–H and O–H groups in total. The van der Waals surface area contributed by atoms with Crippen LogP contribution < -0.4 is 5.32 Å². The lowest BCUT2D eigenvalue weighted by atomic mass is 10.1. The summed E-state index contributed by atoms with van der Waals surface area (Å²) in [5.74, 6) is 0.387. The Balaban J connectivity index is 1.47. The largest absolute Gasteiger partial charge is 0.351 e. The van der Waals surface area contributed by atoms with Gasteiger partial charge >= 0.3 is 0 Å². The summed E-state index contributed by atoms with van der Waals surface area (Å²) in [4.78, 5) is 25.6. The lowest BCUT2D eigenvalue weighted by Gasteiger charge is -2.27. The number of benzene rings is 1. The fraction of sp³-hybridized carbons (Fsp3) is 0.500. The predicted octanol–water partition coefficient (Wildman–Crippen LogP) is 1.45. The maximum atomic E-state index is 12.3. The fourth-order valence-electron chi connectivity index (χ4n) is 3.07. The standard InChI is InChI=1S/C18H23N3O4S2/c22-17-8-7-16(20-21(17)14-9-12-27(24,25)13-14)18(23)19-10-4-11-26-15-5-2-1-3-6-15/h1-3,5-6,14H,4,7-13H2,(H,19,23). The van der Waals surface area contributed by atoms with E-state index in [2.05, 4.69) is 22.6 Å². The van der Waals surface area contributed by atoms with E-state index in [9.17, 15) is 18.0 Å². The molecule has 1 atom stereocenters. The molecule has 1 unspecified atom stereocenters. The van der Waals surface area contributed by atoms with Crippen LogP contribution in [0.15, 0.2) is 40.3 Å². The van der Waals surface area contributed by atoms with Gasteiger partial charge in [-0.15, -0.1) is 11.8 Å². The van der Waals surface area contributed by atoms with Crippen LogP contribution in [0.2, 0.25) is 0 Å². The zero-order chi connectivity index (χ0) is 19.3. The van der Waals surface area contributed by atoms with Crippen molar-refractivity contribution in [3.8, 4) is 0 Å². The van der Waals surface area contributed by atoms with Gasteiger partial charge in [0.1, 0.15) is 5.71 Å². The second kappa shape index (κ2) is 8.88. The van der Waals surface area contributed by atoms with Crippen LogP contribution in [0.4, 0.5) is 0 Å². The molecule has 1 aromatic carbocycles. The van der Waals surface area contributed by atoms with E-state index in [1.807, 2.05) is 18.2 Å². The van der Waals surface area contributed by atoms with Crippen molar-refractivity contribution >= 4 is 39.1 Å². The van der Waals surface area contributed by atoms with Gasteiger partial charge in [-0.3, -0.25) is 9.59 Å². The van der Waals surface area contributed by atoms with Crippen molar-refractivity contribution in [2.75, 3.05) is 23.8 Å². The van der Waals surface area contributed by atoms with Crippen molar-refractivity contribution in [1.29, 1.82) is 0 Å². The summed E-state index contributed by atoms with van der Waals surface area (Å²) in [5.41, 5.74) is 0.301. The van der Waals surface area contributed by atoms with E-state index in [0.717, 1.165) is 12.2 Å². The SMILES string of the molecule is O=C(NCCCSc1ccccc1)C1=NN(C2CCS(=O)(=O)C2)C(=O)CC1. The first-order chi connectivity index (χ1) is 12.9. The number of carbonyl (C=O) groups is 2. The van der Waals surface area contributed by atoms with Crippen LogP contribution in [0.3, 0.4) is 0 Å². The van der Waals surface area contributed by atoms with Gasteiger partial charge in [0.25, 0.3) is 5.91 Å². The minimum absolute atomic E-state index is 0.0670. The molecule has 146 valence electrons. The highest BCUT2D eigenvalue weighted by Crippen LogP contribution is 2.22. The number of amides is 2. The molecule has 1 aromatic rings.